The Hall–Kier alpha value is -0.0600. The monoisotopic (exact) mass is 335 g/mol. The Bertz CT molecular complexity index is 448. The van der Waals surface area contributed by atoms with Gasteiger partial charge in [-0.05, 0) is 6.92 Å². The summed E-state index contributed by atoms with van der Waals surface area (Å²) in [5, 5.41) is 11.5. The molecule has 17 heavy (non-hydrogen) atoms. The lowest BCUT2D eigenvalue weighted by Gasteiger charge is -2.16. The van der Waals surface area contributed by atoms with Crippen molar-refractivity contribution in [3.63, 3.8) is 0 Å². The van der Waals surface area contributed by atoms with Gasteiger partial charge in [-0.2, -0.15) is 0 Å². The van der Waals surface area contributed by atoms with Gasteiger partial charge in [0, 0.05) is 0 Å². The maximum Gasteiger partial charge on any atom is 0.325 e. The highest BCUT2D eigenvalue weighted by Gasteiger charge is 2.22. The van der Waals surface area contributed by atoms with Crippen molar-refractivity contribution in [2.75, 3.05) is 5.32 Å². The SMILES string of the molecule is CC(Nc1c(Cl)c(Cl)c(Cl)c(Cl)c1Cl)C(=O)O. The van der Waals surface area contributed by atoms with E-state index in [9.17, 15) is 4.79 Å². The summed E-state index contributed by atoms with van der Waals surface area (Å²) < 4.78 is 0. The molecule has 1 unspecified atom stereocenters. The summed E-state index contributed by atoms with van der Waals surface area (Å²) >= 11 is 29.3. The van der Waals surface area contributed by atoms with Crippen LogP contribution in [0.1, 0.15) is 6.92 Å². The van der Waals surface area contributed by atoms with Crippen molar-refractivity contribution >= 4 is 69.7 Å². The average Bonchev–Trinajstić information content (AvgIpc) is 2.29. The third-order valence-electron chi connectivity index (χ3n) is 1.94. The van der Waals surface area contributed by atoms with Crippen LogP contribution >= 0.6 is 58.0 Å². The highest BCUT2D eigenvalue weighted by atomic mass is 35.5. The van der Waals surface area contributed by atoms with E-state index in [1.807, 2.05) is 0 Å². The molecule has 0 aromatic heterocycles. The van der Waals surface area contributed by atoms with Gasteiger partial charge in [0.1, 0.15) is 6.04 Å². The standard InChI is InChI=1S/C9H6Cl5NO2/c1-2(9(16)17)15-8-6(13)4(11)3(10)5(12)7(8)14/h2,15H,1H3,(H,16,17). The molecule has 1 atom stereocenters. The minimum Gasteiger partial charge on any atom is -0.480 e. The summed E-state index contributed by atoms with van der Waals surface area (Å²) in [6, 6.07) is -0.904. The summed E-state index contributed by atoms with van der Waals surface area (Å²) in [6.45, 7) is 1.42. The number of carbonyl (C=O) groups is 1. The maximum absolute atomic E-state index is 10.7. The number of anilines is 1. The highest BCUT2D eigenvalue weighted by molar-refractivity contribution is 6.56. The molecule has 1 aromatic carbocycles. The molecule has 3 nitrogen and oxygen atoms in total. The zero-order chi connectivity index (χ0) is 13.3. The Kier molecular flexibility index (Phi) is 5.05. The smallest absolute Gasteiger partial charge is 0.325 e. The van der Waals surface area contributed by atoms with Gasteiger partial charge in [-0.3, -0.25) is 4.79 Å². The van der Waals surface area contributed by atoms with E-state index in [0.717, 1.165) is 0 Å². The van der Waals surface area contributed by atoms with Crippen LogP contribution < -0.4 is 5.32 Å². The molecule has 0 bridgehead atoms. The van der Waals surface area contributed by atoms with Gasteiger partial charge in [0.25, 0.3) is 0 Å². The van der Waals surface area contributed by atoms with Gasteiger partial charge in [0.2, 0.25) is 0 Å². The Balaban J connectivity index is 3.30. The second-order valence-corrected chi connectivity index (χ2v) is 5.04. The van der Waals surface area contributed by atoms with E-state index >= 15 is 0 Å². The molecule has 0 heterocycles. The summed E-state index contributed by atoms with van der Waals surface area (Å²) in [7, 11) is 0. The lowest BCUT2D eigenvalue weighted by molar-refractivity contribution is -0.137. The minimum atomic E-state index is -1.07. The van der Waals surface area contributed by atoms with Crippen molar-refractivity contribution in [3.05, 3.63) is 25.1 Å². The number of rotatable bonds is 3. The molecular weight excluding hydrogens is 331 g/mol. The Labute approximate surface area is 123 Å². The van der Waals surface area contributed by atoms with E-state index in [-0.39, 0.29) is 30.8 Å². The Morgan fingerprint density at radius 1 is 1.00 bits per heavy atom. The predicted molar refractivity (Wildman–Crippen MR) is 72.2 cm³/mol. The van der Waals surface area contributed by atoms with E-state index in [1.54, 1.807) is 0 Å². The van der Waals surface area contributed by atoms with Crippen LogP contribution in [0.3, 0.4) is 0 Å². The van der Waals surface area contributed by atoms with Gasteiger partial charge >= 0.3 is 5.97 Å². The van der Waals surface area contributed by atoms with Gasteiger partial charge in [-0.1, -0.05) is 58.0 Å². The fourth-order valence-corrected chi connectivity index (χ4v) is 2.26. The molecule has 0 aliphatic carbocycles. The first kappa shape index (κ1) is 15.0. The zero-order valence-electron chi connectivity index (χ0n) is 8.32. The zero-order valence-corrected chi connectivity index (χ0v) is 12.1. The number of hydrogen-bond acceptors (Lipinski definition) is 2. The summed E-state index contributed by atoms with van der Waals surface area (Å²) in [5.41, 5.74) is 0.141. The number of aliphatic carboxylic acids is 1. The molecular formula is C9H6Cl5NO2. The number of hydrogen-bond donors (Lipinski definition) is 2. The van der Waals surface area contributed by atoms with Crippen molar-refractivity contribution in [3.8, 4) is 0 Å². The van der Waals surface area contributed by atoms with Crippen molar-refractivity contribution in [1.82, 2.24) is 0 Å². The van der Waals surface area contributed by atoms with E-state index in [0.29, 0.717) is 0 Å². The van der Waals surface area contributed by atoms with Crippen LogP contribution in [0.2, 0.25) is 25.1 Å². The van der Waals surface area contributed by atoms with Crippen LogP contribution in [0, 0.1) is 0 Å². The van der Waals surface area contributed by atoms with Gasteiger partial charge in [-0.25, -0.2) is 0 Å². The van der Waals surface area contributed by atoms with Crippen LogP contribution in [0.5, 0.6) is 0 Å². The topological polar surface area (TPSA) is 49.3 Å². The van der Waals surface area contributed by atoms with Crippen LogP contribution in [0.25, 0.3) is 0 Å². The van der Waals surface area contributed by atoms with E-state index < -0.39 is 12.0 Å². The number of carboxylic acids is 1. The quantitative estimate of drug-likeness (QED) is 0.613. The Morgan fingerprint density at radius 2 is 1.35 bits per heavy atom. The fourth-order valence-electron chi connectivity index (χ4n) is 1.01. The number of halogens is 5. The summed E-state index contributed by atoms with van der Waals surface area (Å²) in [4.78, 5) is 10.7. The first-order chi connectivity index (χ1) is 7.77. The third-order valence-corrected chi connectivity index (χ3v) is 4.22. The average molecular weight is 337 g/mol. The largest absolute Gasteiger partial charge is 0.480 e. The maximum atomic E-state index is 10.7. The minimum absolute atomic E-state index is 0.0165. The first-order valence-corrected chi connectivity index (χ1v) is 6.17. The molecule has 1 rings (SSSR count). The van der Waals surface area contributed by atoms with Crippen LogP contribution in [0.15, 0.2) is 0 Å². The molecule has 0 radical (unpaired) electrons. The summed E-state index contributed by atoms with van der Waals surface area (Å²) in [5.74, 6) is -1.07. The number of benzene rings is 1. The third kappa shape index (κ3) is 3.04. The van der Waals surface area contributed by atoms with E-state index in [4.69, 9.17) is 63.1 Å². The number of nitrogens with one attached hydrogen (secondary N) is 1. The molecule has 0 aliphatic rings. The molecule has 8 heteroatoms. The van der Waals surface area contributed by atoms with E-state index in [2.05, 4.69) is 5.32 Å². The fraction of sp³-hybridized carbons (Fsp3) is 0.222. The van der Waals surface area contributed by atoms with Gasteiger partial charge in [-0.15, -0.1) is 0 Å². The highest BCUT2D eigenvalue weighted by Crippen LogP contribution is 2.46. The van der Waals surface area contributed by atoms with Gasteiger partial charge < -0.3 is 10.4 Å². The van der Waals surface area contributed by atoms with Crippen molar-refractivity contribution < 1.29 is 9.90 Å². The van der Waals surface area contributed by atoms with Crippen molar-refractivity contribution in [1.29, 1.82) is 0 Å². The molecule has 94 valence electrons. The summed E-state index contributed by atoms with van der Waals surface area (Å²) in [6.07, 6.45) is 0. The molecule has 0 saturated heterocycles. The second-order valence-electron chi connectivity index (χ2n) is 3.15. The first-order valence-electron chi connectivity index (χ1n) is 4.28. The van der Waals surface area contributed by atoms with Crippen LogP contribution in [0.4, 0.5) is 5.69 Å². The normalized spacial score (nSPS) is 12.4. The second kappa shape index (κ2) is 5.72. The lowest BCUT2D eigenvalue weighted by Crippen LogP contribution is -2.25. The molecule has 0 fully saturated rings. The molecule has 0 amide bonds. The molecule has 0 aliphatic heterocycles. The molecule has 0 spiro atoms. The molecule has 2 N–H and O–H groups in total. The van der Waals surface area contributed by atoms with Gasteiger partial charge in [0.15, 0.2) is 0 Å². The van der Waals surface area contributed by atoms with Gasteiger partial charge in [0.05, 0.1) is 30.8 Å². The van der Waals surface area contributed by atoms with Crippen molar-refractivity contribution in [2.45, 2.75) is 13.0 Å². The molecule has 1 aromatic rings. The number of carboxylic acid groups (broad SMARTS) is 1. The Morgan fingerprint density at radius 3 is 1.71 bits per heavy atom. The van der Waals surface area contributed by atoms with Crippen molar-refractivity contribution in [2.24, 2.45) is 0 Å². The lowest BCUT2D eigenvalue weighted by atomic mass is 10.2. The van der Waals surface area contributed by atoms with Crippen LogP contribution in [-0.4, -0.2) is 17.1 Å². The van der Waals surface area contributed by atoms with Crippen LogP contribution in [-0.2, 0) is 4.79 Å². The predicted octanol–water partition coefficient (Wildman–Crippen LogP) is 4.84. The van der Waals surface area contributed by atoms with E-state index in [1.165, 1.54) is 6.92 Å². The molecule has 0 saturated carbocycles.